The number of aliphatic hydroxyl groups excluding tert-OH is 1. The van der Waals surface area contributed by atoms with Gasteiger partial charge in [-0.15, -0.1) is 0 Å². The van der Waals surface area contributed by atoms with Gasteiger partial charge in [-0.1, -0.05) is 30.3 Å². The molecule has 1 aromatic heterocycles. The first kappa shape index (κ1) is 21.4. The van der Waals surface area contributed by atoms with Crippen molar-refractivity contribution in [1.82, 2.24) is 15.2 Å². The Kier molecular flexibility index (Phi) is 6.12. The van der Waals surface area contributed by atoms with E-state index in [4.69, 9.17) is 5.26 Å². The number of nitrogens with zero attached hydrogens (tertiary/aromatic N) is 3. The number of likely N-dealkylation sites (tertiary alicyclic amines) is 1. The van der Waals surface area contributed by atoms with Crippen LogP contribution in [0.5, 0.6) is 0 Å². The Balaban J connectivity index is 1.56. The minimum atomic E-state index is -1.54. The third-order valence-electron chi connectivity index (χ3n) is 5.65. The SMILES string of the molecule is N#C[C@@H]1CCCN1C(=O)CNC(=O)c1ccnc2ccc(-c3ccc(C(O)O)cc3)cc12. The Bertz CT molecular complexity index is 1200. The molecular formula is C24H22N4O4. The average molecular weight is 430 g/mol. The Morgan fingerprint density at radius 3 is 2.62 bits per heavy atom. The third-order valence-corrected chi connectivity index (χ3v) is 5.65. The molecule has 4 rings (SSSR count). The number of nitriles is 1. The molecule has 1 atom stereocenters. The molecule has 0 aliphatic carbocycles. The number of pyridine rings is 1. The predicted octanol–water partition coefficient (Wildman–Crippen LogP) is 2.13. The van der Waals surface area contributed by atoms with Crippen LogP contribution in [0.25, 0.3) is 22.0 Å². The molecule has 0 unspecified atom stereocenters. The number of hydrogen-bond donors (Lipinski definition) is 3. The molecule has 2 amide bonds. The molecule has 1 aliphatic heterocycles. The highest BCUT2D eigenvalue weighted by molar-refractivity contribution is 6.07. The summed E-state index contributed by atoms with van der Waals surface area (Å²) in [6.45, 7) is 0.353. The highest BCUT2D eigenvalue weighted by Crippen LogP contribution is 2.27. The predicted molar refractivity (Wildman–Crippen MR) is 117 cm³/mol. The van der Waals surface area contributed by atoms with E-state index in [1.54, 1.807) is 36.5 Å². The second-order valence-corrected chi connectivity index (χ2v) is 7.64. The molecule has 1 saturated heterocycles. The number of carbonyl (C=O) groups excluding carboxylic acids is 2. The zero-order chi connectivity index (χ0) is 22.7. The van der Waals surface area contributed by atoms with Gasteiger partial charge in [-0.05, 0) is 42.2 Å². The monoisotopic (exact) mass is 430 g/mol. The van der Waals surface area contributed by atoms with Crippen molar-refractivity contribution < 1.29 is 19.8 Å². The van der Waals surface area contributed by atoms with Crippen molar-refractivity contribution in [3.05, 3.63) is 65.9 Å². The molecule has 1 aliphatic rings. The van der Waals surface area contributed by atoms with Gasteiger partial charge in [0.25, 0.3) is 5.91 Å². The lowest BCUT2D eigenvalue weighted by atomic mass is 9.99. The molecule has 2 heterocycles. The number of aromatic nitrogens is 1. The minimum Gasteiger partial charge on any atom is -0.364 e. The number of nitrogens with one attached hydrogen (secondary N) is 1. The van der Waals surface area contributed by atoms with Crippen LogP contribution in [0.4, 0.5) is 0 Å². The smallest absolute Gasteiger partial charge is 0.252 e. The highest BCUT2D eigenvalue weighted by Gasteiger charge is 2.28. The topological polar surface area (TPSA) is 127 Å². The maximum absolute atomic E-state index is 12.9. The number of benzene rings is 2. The summed E-state index contributed by atoms with van der Waals surface area (Å²) in [5, 5.41) is 31.0. The summed E-state index contributed by atoms with van der Waals surface area (Å²) in [7, 11) is 0. The molecular weight excluding hydrogens is 408 g/mol. The second kappa shape index (κ2) is 9.14. The summed E-state index contributed by atoms with van der Waals surface area (Å²) in [6.07, 6.45) is 1.45. The van der Waals surface area contributed by atoms with E-state index in [0.29, 0.717) is 35.0 Å². The van der Waals surface area contributed by atoms with Gasteiger partial charge in [0.05, 0.1) is 23.7 Å². The van der Waals surface area contributed by atoms with Crippen molar-refractivity contribution in [2.75, 3.05) is 13.1 Å². The Morgan fingerprint density at radius 1 is 1.16 bits per heavy atom. The van der Waals surface area contributed by atoms with E-state index in [0.717, 1.165) is 17.5 Å². The van der Waals surface area contributed by atoms with E-state index >= 15 is 0 Å². The number of carbonyl (C=O) groups is 2. The zero-order valence-electron chi connectivity index (χ0n) is 17.2. The molecule has 0 bridgehead atoms. The van der Waals surface area contributed by atoms with Gasteiger partial charge in [-0.2, -0.15) is 5.26 Å². The van der Waals surface area contributed by atoms with Crippen LogP contribution in [0.2, 0.25) is 0 Å². The summed E-state index contributed by atoms with van der Waals surface area (Å²) in [4.78, 5) is 31.1. The molecule has 2 aromatic carbocycles. The highest BCUT2D eigenvalue weighted by atomic mass is 16.5. The Labute approximate surface area is 184 Å². The lowest BCUT2D eigenvalue weighted by molar-refractivity contribution is -0.130. The average Bonchev–Trinajstić information content (AvgIpc) is 3.30. The molecule has 0 radical (unpaired) electrons. The van der Waals surface area contributed by atoms with Crippen LogP contribution in [-0.4, -0.2) is 51.0 Å². The van der Waals surface area contributed by atoms with Crippen LogP contribution < -0.4 is 5.32 Å². The number of rotatable bonds is 5. The van der Waals surface area contributed by atoms with Crippen LogP contribution in [0.15, 0.2) is 54.7 Å². The van der Waals surface area contributed by atoms with Crippen molar-refractivity contribution in [3.8, 4) is 17.2 Å². The standard InChI is InChI=1S/C24H22N4O4/c25-13-18-2-1-11-28(18)22(29)14-27-23(30)19-9-10-26-21-8-7-17(12-20(19)21)15-3-5-16(6-4-15)24(31)32/h3-10,12,18,24,31-32H,1-2,11,14H2,(H,27,30)/t18-/m0/s1. The molecule has 32 heavy (non-hydrogen) atoms. The lowest BCUT2D eigenvalue weighted by Gasteiger charge is -2.19. The lowest BCUT2D eigenvalue weighted by Crippen LogP contribution is -2.42. The minimum absolute atomic E-state index is 0.175. The number of fused-ring (bicyclic) bond motifs is 1. The fourth-order valence-corrected chi connectivity index (χ4v) is 3.92. The van der Waals surface area contributed by atoms with Crippen molar-refractivity contribution in [3.63, 3.8) is 0 Å². The number of hydrogen-bond acceptors (Lipinski definition) is 6. The van der Waals surface area contributed by atoms with Crippen LogP contribution in [-0.2, 0) is 4.79 Å². The maximum Gasteiger partial charge on any atom is 0.252 e. The van der Waals surface area contributed by atoms with Crippen molar-refractivity contribution in [2.24, 2.45) is 0 Å². The van der Waals surface area contributed by atoms with Gasteiger partial charge < -0.3 is 20.4 Å². The summed E-state index contributed by atoms with van der Waals surface area (Å²) in [6, 6.07) is 15.6. The van der Waals surface area contributed by atoms with E-state index < -0.39 is 18.2 Å². The summed E-state index contributed by atoms with van der Waals surface area (Å²) in [5.41, 5.74) is 3.10. The first-order chi connectivity index (χ1) is 15.5. The molecule has 162 valence electrons. The van der Waals surface area contributed by atoms with E-state index in [9.17, 15) is 19.8 Å². The van der Waals surface area contributed by atoms with Gasteiger partial charge in [-0.25, -0.2) is 0 Å². The van der Waals surface area contributed by atoms with E-state index in [1.807, 2.05) is 18.2 Å². The van der Waals surface area contributed by atoms with Crippen molar-refractivity contribution >= 4 is 22.7 Å². The van der Waals surface area contributed by atoms with E-state index in [-0.39, 0.29) is 12.5 Å². The molecule has 8 heteroatoms. The van der Waals surface area contributed by atoms with Crippen molar-refractivity contribution in [1.29, 1.82) is 5.26 Å². The van der Waals surface area contributed by atoms with Gasteiger partial charge in [0.1, 0.15) is 6.04 Å². The molecule has 0 spiro atoms. The van der Waals surface area contributed by atoms with Crippen LogP contribution >= 0.6 is 0 Å². The normalized spacial score (nSPS) is 15.7. The maximum atomic E-state index is 12.9. The molecule has 8 nitrogen and oxygen atoms in total. The van der Waals surface area contributed by atoms with Crippen LogP contribution in [0.3, 0.4) is 0 Å². The van der Waals surface area contributed by atoms with Gasteiger partial charge in [0, 0.05) is 23.7 Å². The summed E-state index contributed by atoms with van der Waals surface area (Å²) in [5.74, 6) is -0.665. The number of amides is 2. The van der Waals surface area contributed by atoms with Crippen molar-refractivity contribution in [2.45, 2.75) is 25.2 Å². The Morgan fingerprint density at radius 2 is 1.91 bits per heavy atom. The molecule has 3 N–H and O–H groups in total. The molecule has 3 aromatic rings. The molecule has 1 fully saturated rings. The first-order valence-electron chi connectivity index (χ1n) is 10.3. The van der Waals surface area contributed by atoms with E-state index in [1.165, 1.54) is 4.90 Å². The van der Waals surface area contributed by atoms with Crippen LogP contribution in [0.1, 0.15) is 35.1 Å². The number of aliphatic hydroxyl groups is 2. The van der Waals surface area contributed by atoms with E-state index in [2.05, 4.69) is 16.4 Å². The van der Waals surface area contributed by atoms with Gasteiger partial charge >= 0.3 is 0 Å². The Hall–Kier alpha value is -3.80. The van der Waals surface area contributed by atoms with Gasteiger partial charge in [0.2, 0.25) is 5.91 Å². The first-order valence-corrected chi connectivity index (χ1v) is 10.3. The quantitative estimate of drug-likeness (QED) is 0.532. The third kappa shape index (κ3) is 4.30. The fraction of sp³-hybridized carbons (Fsp3) is 0.250. The second-order valence-electron chi connectivity index (χ2n) is 7.64. The molecule has 0 saturated carbocycles. The fourth-order valence-electron chi connectivity index (χ4n) is 3.92. The summed E-state index contributed by atoms with van der Waals surface area (Å²) < 4.78 is 0. The van der Waals surface area contributed by atoms with Gasteiger partial charge in [0.15, 0.2) is 6.29 Å². The largest absolute Gasteiger partial charge is 0.364 e. The van der Waals surface area contributed by atoms with Crippen LogP contribution in [0, 0.1) is 11.3 Å². The zero-order valence-corrected chi connectivity index (χ0v) is 17.2. The summed E-state index contributed by atoms with van der Waals surface area (Å²) >= 11 is 0. The van der Waals surface area contributed by atoms with Gasteiger partial charge in [-0.3, -0.25) is 14.6 Å².